The highest BCUT2D eigenvalue weighted by Gasteiger charge is 2.31. The molecule has 0 bridgehead atoms. The first-order valence-corrected chi connectivity index (χ1v) is 10.9. The minimum Gasteiger partial charge on any atom is -0.357 e. The van der Waals surface area contributed by atoms with E-state index in [-0.39, 0.29) is 41.8 Å². The summed E-state index contributed by atoms with van der Waals surface area (Å²) in [6.45, 7) is 5.73. The minimum absolute atomic E-state index is 0. The van der Waals surface area contributed by atoms with E-state index in [2.05, 4.69) is 15.6 Å². The molecule has 1 unspecified atom stereocenters. The van der Waals surface area contributed by atoms with Crippen molar-refractivity contribution < 1.29 is 9.59 Å². The molecule has 30 heavy (non-hydrogen) atoms. The molecule has 0 aromatic heterocycles. The molecule has 3 rings (SSSR count). The van der Waals surface area contributed by atoms with E-state index in [4.69, 9.17) is 0 Å². The number of carbonyl (C=O) groups excluding carboxylic acids is 2. The van der Waals surface area contributed by atoms with Crippen LogP contribution in [0.5, 0.6) is 0 Å². The van der Waals surface area contributed by atoms with Gasteiger partial charge in [0.2, 0.25) is 11.8 Å². The van der Waals surface area contributed by atoms with Gasteiger partial charge in [-0.2, -0.15) is 0 Å². The van der Waals surface area contributed by atoms with Gasteiger partial charge in [-0.1, -0.05) is 24.6 Å². The molecule has 1 aromatic carbocycles. The van der Waals surface area contributed by atoms with Crippen molar-refractivity contribution in [3.05, 3.63) is 30.3 Å². The van der Waals surface area contributed by atoms with Gasteiger partial charge in [0, 0.05) is 51.3 Å². The average molecular weight is 527 g/mol. The number of anilines is 1. The van der Waals surface area contributed by atoms with E-state index in [1.165, 1.54) is 0 Å². The first-order valence-electron chi connectivity index (χ1n) is 10.9. The van der Waals surface area contributed by atoms with Gasteiger partial charge in [-0.15, -0.1) is 24.0 Å². The molecule has 8 heteroatoms. The van der Waals surface area contributed by atoms with E-state index in [0.29, 0.717) is 25.9 Å². The first kappa shape index (κ1) is 24.4. The molecular weight excluding hydrogens is 493 g/mol. The topological polar surface area (TPSA) is 77.0 Å². The molecule has 0 spiro atoms. The second-order valence-electron chi connectivity index (χ2n) is 7.69. The molecule has 1 aromatic rings. The summed E-state index contributed by atoms with van der Waals surface area (Å²) in [7, 11) is 0. The number of carbonyl (C=O) groups is 2. The lowest BCUT2D eigenvalue weighted by Crippen LogP contribution is -2.44. The Morgan fingerprint density at radius 1 is 1.13 bits per heavy atom. The predicted molar refractivity (Wildman–Crippen MR) is 131 cm³/mol. The summed E-state index contributed by atoms with van der Waals surface area (Å²) in [5.41, 5.74) is 0.936. The smallest absolute Gasteiger partial charge is 0.229 e. The quantitative estimate of drug-likeness (QED) is 0.248. The Morgan fingerprint density at radius 2 is 1.93 bits per heavy atom. The van der Waals surface area contributed by atoms with Gasteiger partial charge in [-0.05, 0) is 38.3 Å². The van der Waals surface area contributed by atoms with Crippen molar-refractivity contribution in [2.45, 2.75) is 51.5 Å². The second-order valence-corrected chi connectivity index (χ2v) is 7.69. The van der Waals surface area contributed by atoms with E-state index >= 15 is 0 Å². The van der Waals surface area contributed by atoms with E-state index in [9.17, 15) is 9.59 Å². The molecule has 2 aliphatic rings. The second kappa shape index (κ2) is 12.8. The maximum atomic E-state index is 12.4. The standard InChI is InChI=1S/C22H33N5O2.HI/c1-2-23-22(24-13-9-15-26-14-8-4-7-12-20(26)28)25-18-16-21(29)27(17-18)19-10-5-3-6-11-19;/h3,5-6,10-11,18H,2,4,7-9,12-17H2,1H3,(H2,23,24,25);1H. The molecule has 0 aliphatic carbocycles. The van der Waals surface area contributed by atoms with Gasteiger partial charge in [0.25, 0.3) is 0 Å². The lowest BCUT2D eigenvalue weighted by molar-refractivity contribution is -0.130. The SMILES string of the molecule is CCNC(=NCCCN1CCCCCC1=O)NC1CC(=O)N(c2ccccc2)C1.I. The normalized spacial score (nSPS) is 20.0. The summed E-state index contributed by atoms with van der Waals surface area (Å²) in [4.78, 5) is 33.0. The molecule has 166 valence electrons. The van der Waals surface area contributed by atoms with Gasteiger partial charge in [0.1, 0.15) is 0 Å². The van der Waals surface area contributed by atoms with Crippen LogP contribution in [0.1, 0.15) is 45.4 Å². The van der Waals surface area contributed by atoms with E-state index in [1.54, 1.807) is 0 Å². The fourth-order valence-electron chi connectivity index (χ4n) is 3.90. The number of aliphatic imine (C=N–C) groups is 1. The summed E-state index contributed by atoms with van der Waals surface area (Å²) in [5, 5.41) is 6.66. The molecule has 0 saturated carbocycles. The van der Waals surface area contributed by atoms with Crippen LogP contribution in [0, 0.1) is 0 Å². The van der Waals surface area contributed by atoms with Crippen LogP contribution in [0.2, 0.25) is 0 Å². The van der Waals surface area contributed by atoms with Crippen molar-refractivity contribution >= 4 is 47.4 Å². The molecular formula is C22H34IN5O2. The van der Waals surface area contributed by atoms with E-state index in [1.807, 2.05) is 47.1 Å². The zero-order chi connectivity index (χ0) is 20.5. The number of amides is 2. The lowest BCUT2D eigenvalue weighted by Gasteiger charge is -2.20. The average Bonchev–Trinajstić information content (AvgIpc) is 2.96. The molecule has 2 N–H and O–H groups in total. The number of benzene rings is 1. The highest BCUT2D eigenvalue weighted by Crippen LogP contribution is 2.21. The summed E-state index contributed by atoms with van der Waals surface area (Å²) in [5.74, 6) is 1.15. The molecule has 7 nitrogen and oxygen atoms in total. The number of nitrogens with zero attached hydrogens (tertiary/aromatic N) is 3. The number of para-hydroxylation sites is 1. The van der Waals surface area contributed by atoms with Gasteiger partial charge in [0.05, 0.1) is 6.04 Å². The third kappa shape index (κ3) is 7.14. The maximum Gasteiger partial charge on any atom is 0.229 e. The fourth-order valence-corrected chi connectivity index (χ4v) is 3.90. The highest BCUT2D eigenvalue weighted by atomic mass is 127. The van der Waals surface area contributed by atoms with Crippen molar-refractivity contribution in [2.24, 2.45) is 4.99 Å². The molecule has 2 fully saturated rings. The van der Waals surface area contributed by atoms with Crippen LogP contribution >= 0.6 is 24.0 Å². The molecule has 2 amide bonds. The van der Waals surface area contributed by atoms with Crippen LogP contribution in [0.4, 0.5) is 5.69 Å². The number of hydrogen-bond donors (Lipinski definition) is 2. The lowest BCUT2D eigenvalue weighted by atomic mass is 10.2. The third-order valence-electron chi connectivity index (χ3n) is 5.41. The Balaban J connectivity index is 0.00000320. The Morgan fingerprint density at radius 3 is 2.70 bits per heavy atom. The van der Waals surface area contributed by atoms with Gasteiger partial charge in [-0.3, -0.25) is 14.6 Å². The van der Waals surface area contributed by atoms with Crippen LogP contribution in [-0.2, 0) is 9.59 Å². The number of hydrogen-bond acceptors (Lipinski definition) is 3. The zero-order valence-corrected chi connectivity index (χ0v) is 20.1. The Labute approximate surface area is 196 Å². The molecule has 2 heterocycles. The molecule has 2 aliphatic heterocycles. The van der Waals surface area contributed by atoms with Gasteiger partial charge < -0.3 is 20.4 Å². The van der Waals surface area contributed by atoms with Gasteiger partial charge >= 0.3 is 0 Å². The number of likely N-dealkylation sites (tertiary alicyclic amines) is 1. The summed E-state index contributed by atoms with van der Waals surface area (Å²) in [6.07, 6.45) is 5.26. The fraction of sp³-hybridized carbons (Fsp3) is 0.591. The monoisotopic (exact) mass is 527 g/mol. The minimum atomic E-state index is 0. The Kier molecular flexibility index (Phi) is 10.4. The van der Waals surface area contributed by atoms with Crippen LogP contribution in [0.25, 0.3) is 0 Å². The first-order chi connectivity index (χ1) is 14.2. The van der Waals surface area contributed by atoms with Crippen molar-refractivity contribution in [3.8, 4) is 0 Å². The molecule has 1 atom stereocenters. The number of guanidine groups is 1. The van der Waals surface area contributed by atoms with Crippen LogP contribution in [0.3, 0.4) is 0 Å². The molecule has 0 radical (unpaired) electrons. The van der Waals surface area contributed by atoms with E-state index < -0.39 is 0 Å². The maximum absolute atomic E-state index is 12.4. The summed E-state index contributed by atoms with van der Waals surface area (Å²) >= 11 is 0. The number of rotatable bonds is 7. The number of halogens is 1. The van der Waals surface area contributed by atoms with Crippen LogP contribution < -0.4 is 15.5 Å². The van der Waals surface area contributed by atoms with Crippen molar-refractivity contribution in [2.75, 3.05) is 37.6 Å². The zero-order valence-electron chi connectivity index (χ0n) is 17.8. The van der Waals surface area contributed by atoms with Gasteiger partial charge in [0.15, 0.2) is 5.96 Å². The highest BCUT2D eigenvalue weighted by molar-refractivity contribution is 14.0. The number of nitrogens with one attached hydrogen (secondary N) is 2. The largest absolute Gasteiger partial charge is 0.357 e. The van der Waals surface area contributed by atoms with Crippen LogP contribution in [0.15, 0.2) is 35.3 Å². The van der Waals surface area contributed by atoms with Crippen molar-refractivity contribution in [3.63, 3.8) is 0 Å². The molecule has 2 saturated heterocycles. The summed E-state index contributed by atoms with van der Waals surface area (Å²) < 4.78 is 0. The van der Waals surface area contributed by atoms with Crippen LogP contribution in [-0.4, -0.2) is 61.4 Å². The van der Waals surface area contributed by atoms with Crippen molar-refractivity contribution in [1.29, 1.82) is 0 Å². The summed E-state index contributed by atoms with van der Waals surface area (Å²) in [6, 6.07) is 9.81. The Bertz CT molecular complexity index is 713. The van der Waals surface area contributed by atoms with Crippen molar-refractivity contribution in [1.82, 2.24) is 15.5 Å². The third-order valence-corrected chi connectivity index (χ3v) is 5.41. The van der Waals surface area contributed by atoms with E-state index in [0.717, 1.165) is 57.0 Å². The van der Waals surface area contributed by atoms with Gasteiger partial charge in [-0.25, -0.2) is 0 Å². The predicted octanol–water partition coefficient (Wildman–Crippen LogP) is 2.76. The Hall–Kier alpha value is -1.84.